The van der Waals surface area contributed by atoms with Crippen LogP contribution in [0.2, 0.25) is 0 Å². The van der Waals surface area contributed by atoms with Crippen LogP contribution in [0, 0.1) is 5.92 Å². The van der Waals surface area contributed by atoms with Gasteiger partial charge in [-0.15, -0.1) is 0 Å². The molecular weight excluding hydrogens is 218 g/mol. The molecule has 0 radical (unpaired) electrons. The van der Waals surface area contributed by atoms with Crippen LogP contribution in [0.4, 0.5) is 0 Å². The van der Waals surface area contributed by atoms with E-state index in [-0.39, 0.29) is 12.8 Å². The number of nitrogens with two attached hydrogens (primary N) is 1. The highest BCUT2D eigenvalue weighted by Gasteiger charge is 2.43. The van der Waals surface area contributed by atoms with E-state index in [2.05, 4.69) is 10.7 Å². The van der Waals surface area contributed by atoms with E-state index in [1.54, 1.807) is 0 Å². The van der Waals surface area contributed by atoms with Crippen LogP contribution in [0.5, 0.6) is 0 Å². The molecule has 0 aromatic carbocycles. The Hall–Kier alpha value is -1.63. The molecule has 0 atom stereocenters. The van der Waals surface area contributed by atoms with Gasteiger partial charge in [-0.05, 0) is 6.42 Å². The predicted octanol–water partition coefficient (Wildman–Crippen LogP) is -0.364. The highest BCUT2D eigenvalue weighted by molar-refractivity contribution is 5.96. The van der Waals surface area contributed by atoms with Gasteiger partial charge in [0, 0.05) is 20.3 Å². The van der Waals surface area contributed by atoms with Gasteiger partial charge in [-0.1, -0.05) is 0 Å². The van der Waals surface area contributed by atoms with Crippen LogP contribution in [0.15, 0.2) is 0 Å². The van der Waals surface area contributed by atoms with E-state index in [1.807, 2.05) is 0 Å². The molecule has 0 spiro atoms. The van der Waals surface area contributed by atoms with Gasteiger partial charge in [0.05, 0.1) is 0 Å². The Morgan fingerprint density at radius 2 is 1.88 bits per heavy atom. The maximum absolute atomic E-state index is 11.4. The molecular formula is C9H13NO6. The fourth-order valence-electron chi connectivity index (χ4n) is 1.30. The molecule has 1 saturated heterocycles. The number of hydrogen-bond acceptors (Lipinski definition) is 7. The summed E-state index contributed by atoms with van der Waals surface area (Å²) in [7, 11) is 0. The van der Waals surface area contributed by atoms with Gasteiger partial charge in [-0.3, -0.25) is 14.4 Å². The van der Waals surface area contributed by atoms with Crippen molar-refractivity contribution in [3.05, 3.63) is 0 Å². The molecule has 0 bridgehead atoms. The summed E-state index contributed by atoms with van der Waals surface area (Å²) in [6.07, 6.45) is -0.185. The molecule has 16 heavy (non-hydrogen) atoms. The zero-order chi connectivity index (χ0) is 12.3. The molecule has 1 rings (SSSR count). The SMILES string of the molecule is CC1(C)OC(=O)C(CCC(=O)ON)C(=O)O1. The number of esters is 2. The number of carbonyl (C=O) groups is 3. The van der Waals surface area contributed by atoms with Crippen molar-refractivity contribution >= 4 is 17.9 Å². The Balaban J connectivity index is 2.58. The van der Waals surface area contributed by atoms with E-state index < -0.39 is 29.6 Å². The molecule has 0 aliphatic carbocycles. The van der Waals surface area contributed by atoms with Crippen molar-refractivity contribution in [3.63, 3.8) is 0 Å². The number of ether oxygens (including phenoxy) is 2. The summed E-state index contributed by atoms with van der Waals surface area (Å²) in [5.74, 6) is 0.168. The second kappa shape index (κ2) is 4.48. The monoisotopic (exact) mass is 231 g/mol. The standard InChI is InChI=1S/C9H13NO6/c1-9(2)14-7(12)5(8(13)15-9)3-4-6(11)16-10/h5H,3-4,10H2,1-2H3. The summed E-state index contributed by atoms with van der Waals surface area (Å²) >= 11 is 0. The molecule has 1 aliphatic rings. The van der Waals surface area contributed by atoms with Crippen LogP contribution in [0.25, 0.3) is 0 Å². The van der Waals surface area contributed by atoms with Gasteiger partial charge in [0.15, 0.2) is 5.92 Å². The average Bonchev–Trinajstić information content (AvgIpc) is 2.14. The fourth-order valence-corrected chi connectivity index (χ4v) is 1.30. The minimum atomic E-state index is -1.25. The first kappa shape index (κ1) is 12.4. The van der Waals surface area contributed by atoms with Gasteiger partial charge in [0.1, 0.15) is 0 Å². The Morgan fingerprint density at radius 1 is 1.38 bits per heavy atom. The van der Waals surface area contributed by atoms with Crippen molar-refractivity contribution in [2.75, 3.05) is 0 Å². The Labute approximate surface area is 91.8 Å². The van der Waals surface area contributed by atoms with Crippen molar-refractivity contribution in [1.82, 2.24) is 0 Å². The minimum Gasteiger partial charge on any atom is -0.422 e. The van der Waals surface area contributed by atoms with Gasteiger partial charge in [0.2, 0.25) is 0 Å². The lowest BCUT2D eigenvalue weighted by molar-refractivity contribution is -0.240. The molecule has 0 aromatic heterocycles. The van der Waals surface area contributed by atoms with Gasteiger partial charge < -0.3 is 14.3 Å². The van der Waals surface area contributed by atoms with Gasteiger partial charge in [-0.2, -0.15) is 5.90 Å². The third-order valence-electron chi connectivity index (χ3n) is 2.03. The van der Waals surface area contributed by atoms with E-state index in [0.717, 1.165) is 0 Å². The largest absolute Gasteiger partial charge is 0.422 e. The molecule has 0 amide bonds. The van der Waals surface area contributed by atoms with Crippen LogP contribution in [-0.4, -0.2) is 23.7 Å². The first-order chi connectivity index (χ1) is 7.35. The molecule has 7 heteroatoms. The maximum atomic E-state index is 11.4. The zero-order valence-corrected chi connectivity index (χ0v) is 9.02. The zero-order valence-electron chi connectivity index (χ0n) is 9.02. The molecule has 0 aromatic rings. The minimum absolute atomic E-state index is 0.0379. The highest BCUT2D eigenvalue weighted by Crippen LogP contribution is 2.25. The fraction of sp³-hybridized carbons (Fsp3) is 0.667. The Morgan fingerprint density at radius 3 is 2.31 bits per heavy atom. The summed E-state index contributed by atoms with van der Waals surface area (Å²) in [5.41, 5.74) is 0. The molecule has 0 saturated carbocycles. The summed E-state index contributed by atoms with van der Waals surface area (Å²) in [5, 5.41) is 0. The summed E-state index contributed by atoms with van der Waals surface area (Å²) in [4.78, 5) is 37.5. The second-order valence-corrected chi connectivity index (χ2v) is 3.82. The smallest absolute Gasteiger partial charge is 0.324 e. The predicted molar refractivity (Wildman–Crippen MR) is 49.3 cm³/mol. The Kier molecular flexibility index (Phi) is 3.48. The molecule has 0 unspecified atom stereocenters. The van der Waals surface area contributed by atoms with Crippen LogP contribution >= 0.6 is 0 Å². The van der Waals surface area contributed by atoms with Gasteiger partial charge in [-0.25, -0.2) is 0 Å². The maximum Gasteiger partial charge on any atom is 0.324 e. The van der Waals surface area contributed by atoms with E-state index >= 15 is 0 Å². The quantitative estimate of drug-likeness (QED) is 0.401. The van der Waals surface area contributed by atoms with Crippen molar-refractivity contribution in [3.8, 4) is 0 Å². The number of cyclic esters (lactones) is 2. The van der Waals surface area contributed by atoms with Crippen LogP contribution in [0.3, 0.4) is 0 Å². The second-order valence-electron chi connectivity index (χ2n) is 3.82. The first-order valence-electron chi connectivity index (χ1n) is 4.71. The lowest BCUT2D eigenvalue weighted by atomic mass is 10.0. The van der Waals surface area contributed by atoms with Crippen molar-refractivity contribution < 1.29 is 28.7 Å². The number of rotatable bonds is 3. The summed E-state index contributed by atoms with van der Waals surface area (Å²) in [6, 6.07) is 0. The third-order valence-corrected chi connectivity index (χ3v) is 2.03. The van der Waals surface area contributed by atoms with Gasteiger partial charge in [0.25, 0.3) is 5.79 Å². The average molecular weight is 231 g/mol. The van der Waals surface area contributed by atoms with E-state index in [1.165, 1.54) is 13.8 Å². The number of hydrogen-bond donors (Lipinski definition) is 1. The molecule has 7 nitrogen and oxygen atoms in total. The molecule has 90 valence electrons. The summed E-state index contributed by atoms with van der Waals surface area (Å²) in [6.45, 7) is 2.90. The Bertz CT molecular complexity index is 304. The van der Waals surface area contributed by atoms with Crippen molar-refractivity contribution in [2.45, 2.75) is 32.5 Å². The highest BCUT2D eigenvalue weighted by atomic mass is 16.7. The van der Waals surface area contributed by atoms with Gasteiger partial charge >= 0.3 is 17.9 Å². The third kappa shape index (κ3) is 2.93. The normalized spacial score (nSPS) is 19.9. The molecule has 1 heterocycles. The lowest BCUT2D eigenvalue weighted by Crippen LogP contribution is -2.46. The van der Waals surface area contributed by atoms with Crippen molar-refractivity contribution in [1.29, 1.82) is 0 Å². The van der Waals surface area contributed by atoms with E-state index in [0.29, 0.717) is 0 Å². The lowest BCUT2D eigenvalue weighted by Gasteiger charge is -2.32. The van der Waals surface area contributed by atoms with E-state index in [9.17, 15) is 14.4 Å². The van der Waals surface area contributed by atoms with Crippen molar-refractivity contribution in [2.24, 2.45) is 11.8 Å². The van der Waals surface area contributed by atoms with Crippen LogP contribution in [0.1, 0.15) is 26.7 Å². The van der Waals surface area contributed by atoms with E-state index in [4.69, 9.17) is 9.47 Å². The molecule has 2 N–H and O–H groups in total. The number of carbonyl (C=O) groups excluding carboxylic acids is 3. The van der Waals surface area contributed by atoms with Crippen LogP contribution < -0.4 is 5.90 Å². The summed E-state index contributed by atoms with van der Waals surface area (Å²) < 4.78 is 9.71. The topological polar surface area (TPSA) is 105 Å². The first-order valence-corrected chi connectivity index (χ1v) is 4.71. The molecule has 1 aliphatic heterocycles. The van der Waals surface area contributed by atoms with Crippen LogP contribution in [-0.2, 0) is 28.7 Å². The molecule has 1 fully saturated rings.